The number of esters is 2. The highest BCUT2D eigenvalue weighted by Gasteiger charge is 2.33. The number of H-pyrrole nitrogens is 1. The van der Waals surface area contributed by atoms with Gasteiger partial charge in [0.2, 0.25) is 11.8 Å². The van der Waals surface area contributed by atoms with E-state index in [9.17, 15) is 35.9 Å². The minimum absolute atomic E-state index is 0.0124. The Kier molecular flexibility index (Phi) is 13.3. The van der Waals surface area contributed by atoms with Gasteiger partial charge in [-0.05, 0) is 54.0 Å². The smallest absolute Gasteiger partial charge is 0.433 e. The second-order valence-corrected chi connectivity index (χ2v) is 8.93. The molecule has 0 aliphatic heterocycles. The van der Waals surface area contributed by atoms with Crippen molar-refractivity contribution in [3.8, 4) is 17.4 Å². The molecule has 1 N–H and O–H groups in total. The molecular weight excluding hydrogens is 686 g/mol. The molecule has 45 heavy (non-hydrogen) atoms. The monoisotopic (exact) mass is 710 g/mol. The van der Waals surface area contributed by atoms with E-state index in [0.29, 0.717) is 22.5 Å². The molecule has 0 aliphatic rings. The zero-order chi connectivity index (χ0) is 33.8. The Hall–Kier alpha value is -4.68. The molecular formula is C26H25BrF6N6O6. The molecule has 0 unspecified atom stereocenters. The van der Waals surface area contributed by atoms with Gasteiger partial charge in [-0.2, -0.15) is 31.4 Å². The number of alkyl halides is 6. The number of ether oxygens (including phenoxy) is 4. The average molecular weight is 711 g/mol. The maximum Gasteiger partial charge on any atom is 0.433 e. The molecule has 0 aliphatic carbocycles. The number of methoxy groups -OCH3 is 2. The van der Waals surface area contributed by atoms with Crippen LogP contribution in [0.15, 0.2) is 53.5 Å². The quantitative estimate of drug-likeness (QED) is 0.181. The zero-order valence-corrected chi connectivity index (χ0v) is 25.5. The van der Waals surface area contributed by atoms with Crippen molar-refractivity contribution in [2.45, 2.75) is 26.2 Å². The summed E-state index contributed by atoms with van der Waals surface area (Å²) in [4.78, 5) is 29.4. The fourth-order valence-electron chi connectivity index (χ4n) is 3.01. The Balaban J connectivity index is 0.000000259. The number of hydrogen-bond acceptors (Lipinski definition) is 10. The van der Waals surface area contributed by atoms with E-state index in [0.717, 1.165) is 24.5 Å². The topological polar surface area (TPSA) is 143 Å². The lowest BCUT2D eigenvalue weighted by atomic mass is 10.3. The van der Waals surface area contributed by atoms with Crippen molar-refractivity contribution >= 4 is 27.9 Å². The Morgan fingerprint density at radius 2 is 1.38 bits per heavy atom. The molecule has 12 nitrogen and oxygen atoms in total. The number of aromatic amines is 1. The third-order valence-electron chi connectivity index (χ3n) is 4.99. The van der Waals surface area contributed by atoms with E-state index < -0.39 is 35.7 Å². The molecule has 0 saturated carbocycles. The standard InChI is InChI=1S/C13H12F3N3O3.C7H10N2O3.C6H3BrF3N/c1-3-22-12(20)9-7-19(18-11(9)21-2)8-4-5-10(17-6-8)13(14,15)16;1-3-12-7(10)5-4-8-9-6(5)11-2;7-4-1-2-5(11-3-4)6(8,9)10/h4-7H,3H2,1-2H3;4H,3H2,1-2H3,(H,8,9);1-3H. The summed E-state index contributed by atoms with van der Waals surface area (Å²) < 4.78 is 94.0. The summed E-state index contributed by atoms with van der Waals surface area (Å²) in [6.45, 7) is 3.90. The number of rotatable bonds is 7. The Bertz CT molecular complexity index is 1530. The van der Waals surface area contributed by atoms with Crippen LogP contribution in [0.5, 0.6) is 11.8 Å². The molecule has 4 aromatic heterocycles. The number of pyridine rings is 2. The van der Waals surface area contributed by atoms with Crippen LogP contribution >= 0.6 is 15.9 Å². The summed E-state index contributed by atoms with van der Waals surface area (Å²) in [5.41, 5.74) is -1.24. The molecule has 4 rings (SSSR count). The van der Waals surface area contributed by atoms with Gasteiger partial charge < -0.3 is 18.9 Å². The molecule has 0 saturated heterocycles. The van der Waals surface area contributed by atoms with Gasteiger partial charge in [-0.1, -0.05) is 0 Å². The van der Waals surface area contributed by atoms with E-state index in [-0.39, 0.29) is 23.7 Å². The number of carbonyl (C=O) groups excluding carboxylic acids is 2. The number of nitrogens with one attached hydrogen (secondary N) is 1. The molecule has 244 valence electrons. The van der Waals surface area contributed by atoms with Crippen LogP contribution in [0, 0.1) is 0 Å². The summed E-state index contributed by atoms with van der Waals surface area (Å²) >= 11 is 2.98. The first-order chi connectivity index (χ1) is 21.2. The summed E-state index contributed by atoms with van der Waals surface area (Å²) in [6.07, 6.45) is -4.07. The van der Waals surface area contributed by atoms with E-state index in [1.165, 1.54) is 43.4 Å². The Labute approximate surface area is 259 Å². The van der Waals surface area contributed by atoms with Crippen molar-refractivity contribution in [3.63, 3.8) is 0 Å². The third-order valence-corrected chi connectivity index (χ3v) is 5.46. The summed E-state index contributed by atoms with van der Waals surface area (Å²) in [5.74, 6) is -0.722. The van der Waals surface area contributed by atoms with Crippen LogP contribution in [-0.4, -0.2) is 69.3 Å². The van der Waals surface area contributed by atoms with Gasteiger partial charge in [0.05, 0.1) is 45.5 Å². The van der Waals surface area contributed by atoms with Crippen molar-refractivity contribution in [1.82, 2.24) is 29.9 Å². The molecule has 0 spiro atoms. The lowest BCUT2D eigenvalue weighted by molar-refractivity contribution is -0.142. The van der Waals surface area contributed by atoms with Crippen LogP contribution < -0.4 is 9.47 Å². The largest absolute Gasteiger partial charge is 0.481 e. The van der Waals surface area contributed by atoms with Crippen molar-refractivity contribution < 1.29 is 54.9 Å². The predicted molar refractivity (Wildman–Crippen MR) is 147 cm³/mol. The number of aromatic nitrogens is 6. The highest BCUT2D eigenvalue weighted by atomic mass is 79.9. The molecule has 4 aromatic rings. The summed E-state index contributed by atoms with van der Waals surface area (Å²) in [7, 11) is 2.77. The van der Waals surface area contributed by atoms with Gasteiger partial charge in [-0.3, -0.25) is 4.98 Å². The van der Waals surface area contributed by atoms with Crippen LogP contribution in [0.1, 0.15) is 46.0 Å². The number of hydrogen-bond donors (Lipinski definition) is 1. The molecule has 0 amide bonds. The van der Waals surface area contributed by atoms with Gasteiger partial charge in [-0.15, -0.1) is 5.10 Å². The average Bonchev–Trinajstić information content (AvgIpc) is 3.65. The minimum atomic E-state index is -4.52. The van der Waals surface area contributed by atoms with E-state index in [2.05, 4.69) is 41.2 Å². The summed E-state index contributed by atoms with van der Waals surface area (Å²) in [6, 6.07) is 4.24. The van der Waals surface area contributed by atoms with Gasteiger partial charge in [0.25, 0.3) is 0 Å². The van der Waals surface area contributed by atoms with E-state index in [1.807, 2.05) is 0 Å². The van der Waals surface area contributed by atoms with Crippen LogP contribution in [0.4, 0.5) is 26.3 Å². The molecule has 0 bridgehead atoms. The SMILES string of the molecule is CCOC(=O)c1cn(-c2ccc(C(F)(F)F)nc2)nc1OC.CCOC(=O)c1cn[nH]c1OC.FC(F)(F)c1ccc(Br)cn1. The molecule has 0 atom stereocenters. The third kappa shape index (κ3) is 10.8. The van der Waals surface area contributed by atoms with Crippen molar-refractivity contribution in [2.75, 3.05) is 27.4 Å². The minimum Gasteiger partial charge on any atom is -0.481 e. The normalized spacial score (nSPS) is 10.9. The number of carbonyl (C=O) groups is 2. The van der Waals surface area contributed by atoms with E-state index in [1.54, 1.807) is 13.8 Å². The lowest BCUT2D eigenvalue weighted by Crippen LogP contribution is -2.08. The van der Waals surface area contributed by atoms with Crippen molar-refractivity contribution in [2.24, 2.45) is 0 Å². The van der Waals surface area contributed by atoms with Gasteiger partial charge in [0.15, 0.2) is 0 Å². The molecule has 0 radical (unpaired) electrons. The van der Waals surface area contributed by atoms with Gasteiger partial charge in [0, 0.05) is 16.9 Å². The van der Waals surface area contributed by atoms with Gasteiger partial charge in [0.1, 0.15) is 22.5 Å². The first-order valence-corrected chi connectivity index (χ1v) is 13.2. The fourth-order valence-corrected chi connectivity index (χ4v) is 3.24. The Morgan fingerprint density at radius 1 is 0.822 bits per heavy atom. The predicted octanol–water partition coefficient (Wildman–Crippen LogP) is 5.93. The van der Waals surface area contributed by atoms with Gasteiger partial charge in [-0.25, -0.2) is 24.4 Å². The van der Waals surface area contributed by atoms with Crippen molar-refractivity contribution in [3.05, 3.63) is 76.0 Å². The lowest BCUT2D eigenvalue weighted by Gasteiger charge is -2.06. The first kappa shape index (κ1) is 36.5. The summed E-state index contributed by atoms with van der Waals surface area (Å²) in [5, 5.41) is 10.1. The first-order valence-electron chi connectivity index (χ1n) is 12.4. The second kappa shape index (κ2) is 16.4. The highest BCUT2D eigenvalue weighted by molar-refractivity contribution is 9.10. The number of halogens is 7. The maximum absolute atomic E-state index is 12.5. The molecule has 0 aromatic carbocycles. The maximum atomic E-state index is 12.5. The molecule has 19 heteroatoms. The van der Waals surface area contributed by atoms with Crippen molar-refractivity contribution in [1.29, 1.82) is 0 Å². The Morgan fingerprint density at radius 3 is 1.82 bits per heavy atom. The van der Waals surface area contributed by atoms with Crippen LogP contribution in [0.3, 0.4) is 0 Å². The van der Waals surface area contributed by atoms with Crippen LogP contribution in [0.25, 0.3) is 5.69 Å². The van der Waals surface area contributed by atoms with Gasteiger partial charge >= 0.3 is 24.3 Å². The molecule has 0 fully saturated rings. The van der Waals surface area contributed by atoms with Crippen LogP contribution in [-0.2, 0) is 21.8 Å². The fraction of sp³-hybridized carbons (Fsp3) is 0.308. The zero-order valence-electron chi connectivity index (χ0n) is 23.9. The highest BCUT2D eigenvalue weighted by Crippen LogP contribution is 2.29. The van der Waals surface area contributed by atoms with E-state index in [4.69, 9.17) is 18.9 Å². The number of nitrogens with zero attached hydrogens (tertiary/aromatic N) is 5. The second-order valence-electron chi connectivity index (χ2n) is 8.01. The van der Waals surface area contributed by atoms with E-state index >= 15 is 0 Å². The molecule has 4 heterocycles. The van der Waals surface area contributed by atoms with Crippen LogP contribution in [0.2, 0.25) is 0 Å².